The number of benzene rings is 2. The molecule has 1 atom stereocenters. The number of fused-ring (bicyclic) bond motifs is 1. The molecule has 4 heteroatoms. The third-order valence-corrected chi connectivity index (χ3v) is 10.6. The van der Waals surface area contributed by atoms with Crippen molar-refractivity contribution >= 4 is 19.8 Å². The summed E-state index contributed by atoms with van der Waals surface area (Å²) in [6.07, 6.45) is 1.64. The molecule has 2 aromatic rings. The Morgan fingerprint density at radius 1 is 1.03 bits per heavy atom. The molecule has 0 aliphatic carbocycles. The lowest BCUT2D eigenvalue weighted by molar-refractivity contribution is 0.0944. The molecule has 3 rings (SSSR count). The summed E-state index contributed by atoms with van der Waals surface area (Å²) in [7, 11) is -1.98. The summed E-state index contributed by atoms with van der Waals surface area (Å²) in [5.41, 5.74) is 3.39. The van der Waals surface area contributed by atoms with Crippen LogP contribution in [0.25, 0.3) is 5.70 Å². The molecule has 1 unspecified atom stereocenters. The second kappa shape index (κ2) is 7.58. The van der Waals surface area contributed by atoms with Gasteiger partial charge in [0.15, 0.2) is 14.1 Å². The molecular formula is C25H33NO2Si. The molecule has 0 saturated carbocycles. The summed E-state index contributed by atoms with van der Waals surface area (Å²) in [4.78, 5) is 12.8. The molecule has 1 aliphatic rings. The highest BCUT2D eigenvalue weighted by atomic mass is 28.4. The molecular weight excluding hydrogens is 374 g/mol. The Morgan fingerprint density at radius 3 is 2.24 bits per heavy atom. The molecule has 0 aromatic heterocycles. The van der Waals surface area contributed by atoms with Crippen molar-refractivity contribution in [3.05, 3.63) is 77.4 Å². The third kappa shape index (κ3) is 4.38. The van der Waals surface area contributed by atoms with Crippen molar-refractivity contribution in [3.63, 3.8) is 0 Å². The van der Waals surface area contributed by atoms with Gasteiger partial charge in [-0.05, 0) is 37.5 Å². The molecule has 154 valence electrons. The van der Waals surface area contributed by atoms with Crippen LogP contribution in [0.1, 0.15) is 62.2 Å². The quantitative estimate of drug-likeness (QED) is 0.364. The van der Waals surface area contributed by atoms with E-state index in [0.29, 0.717) is 5.56 Å². The summed E-state index contributed by atoms with van der Waals surface area (Å²) in [5, 5.41) is 3.73. The van der Waals surface area contributed by atoms with Gasteiger partial charge in [0.2, 0.25) is 0 Å². The largest absolute Gasteiger partial charge is 0.408 e. The Morgan fingerprint density at radius 2 is 1.62 bits per heavy atom. The summed E-state index contributed by atoms with van der Waals surface area (Å²) < 4.78 is 6.89. The minimum atomic E-state index is -1.98. The zero-order chi connectivity index (χ0) is 21.4. The first-order valence-electron chi connectivity index (χ1n) is 10.3. The molecule has 1 N–H and O–H groups in total. The fourth-order valence-electron chi connectivity index (χ4n) is 3.45. The summed E-state index contributed by atoms with van der Waals surface area (Å²) in [6, 6.07) is 17.7. The van der Waals surface area contributed by atoms with Crippen LogP contribution in [0.15, 0.2) is 60.7 Å². The van der Waals surface area contributed by atoms with Crippen molar-refractivity contribution in [1.82, 2.24) is 5.32 Å². The number of hydrogen-bond donors (Lipinski definition) is 1. The maximum Gasteiger partial charge on any atom is 0.193 e. The van der Waals surface area contributed by atoms with E-state index < -0.39 is 8.32 Å². The van der Waals surface area contributed by atoms with E-state index in [2.05, 4.69) is 71.2 Å². The predicted octanol–water partition coefficient (Wildman–Crippen LogP) is 6.36. The van der Waals surface area contributed by atoms with Gasteiger partial charge in [0, 0.05) is 22.9 Å². The minimum Gasteiger partial charge on any atom is -0.408 e. The van der Waals surface area contributed by atoms with Gasteiger partial charge in [-0.1, -0.05) is 75.4 Å². The van der Waals surface area contributed by atoms with E-state index in [9.17, 15) is 4.79 Å². The first-order valence-corrected chi connectivity index (χ1v) is 13.2. The Balaban J connectivity index is 2.04. The molecule has 0 bridgehead atoms. The van der Waals surface area contributed by atoms with Crippen molar-refractivity contribution in [2.24, 2.45) is 0 Å². The second-order valence-corrected chi connectivity index (χ2v) is 14.7. The van der Waals surface area contributed by atoms with Crippen LogP contribution in [0.5, 0.6) is 0 Å². The fourth-order valence-corrected chi connectivity index (χ4v) is 4.82. The molecule has 2 aromatic carbocycles. The van der Waals surface area contributed by atoms with E-state index in [-0.39, 0.29) is 22.5 Å². The predicted molar refractivity (Wildman–Crippen MR) is 123 cm³/mol. The van der Waals surface area contributed by atoms with Gasteiger partial charge in [-0.2, -0.15) is 0 Å². The van der Waals surface area contributed by atoms with Gasteiger partial charge in [0.05, 0.1) is 11.6 Å². The summed E-state index contributed by atoms with van der Waals surface area (Å²) in [5.74, 6) is 0.00229. The number of nitrogens with one attached hydrogen (secondary N) is 1. The molecule has 3 nitrogen and oxygen atoms in total. The van der Waals surface area contributed by atoms with Crippen LogP contribution in [0.3, 0.4) is 0 Å². The SMILES string of the molecule is CC1(C)N/C(=C\C(=O)c2ccccc2)c2ccccc2C1O[Si](C)(C)C(C)(C)C. The molecule has 1 aliphatic heterocycles. The molecule has 0 saturated heterocycles. The van der Waals surface area contributed by atoms with Crippen LogP contribution in [0, 0.1) is 0 Å². The standard InChI is InChI=1S/C25H33NO2Si/c1-24(2,3)29(6,7)28-23-20-16-12-11-15-19(20)21(26-25(23,4)5)17-22(27)18-13-9-8-10-14-18/h8-17,23,26H,1-7H3/b21-17-. The van der Waals surface area contributed by atoms with Gasteiger partial charge in [-0.15, -0.1) is 0 Å². The minimum absolute atomic E-state index is 0.00229. The first-order chi connectivity index (χ1) is 13.4. The zero-order valence-electron chi connectivity index (χ0n) is 18.7. The van der Waals surface area contributed by atoms with Crippen molar-refractivity contribution in [3.8, 4) is 0 Å². The van der Waals surface area contributed by atoms with Gasteiger partial charge >= 0.3 is 0 Å². The second-order valence-electron chi connectivity index (χ2n) is 9.98. The summed E-state index contributed by atoms with van der Waals surface area (Å²) in [6.45, 7) is 15.7. The Kier molecular flexibility index (Phi) is 5.63. The van der Waals surface area contributed by atoms with E-state index in [1.807, 2.05) is 36.4 Å². The smallest absolute Gasteiger partial charge is 0.193 e. The highest BCUT2D eigenvalue weighted by Crippen LogP contribution is 2.46. The van der Waals surface area contributed by atoms with Crippen LogP contribution >= 0.6 is 0 Å². The number of carbonyl (C=O) groups excluding carboxylic acids is 1. The normalized spacial score (nSPS) is 20.1. The van der Waals surface area contributed by atoms with Gasteiger partial charge in [0.25, 0.3) is 0 Å². The number of carbonyl (C=O) groups is 1. The molecule has 29 heavy (non-hydrogen) atoms. The third-order valence-electron chi connectivity index (χ3n) is 6.20. The van der Waals surface area contributed by atoms with Gasteiger partial charge < -0.3 is 9.74 Å². The fraction of sp³-hybridized carbons (Fsp3) is 0.400. The topological polar surface area (TPSA) is 38.3 Å². The van der Waals surface area contributed by atoms with Crippen LogP contribution in [0.2, 0.25) is 18.1 Å². The van der Waals surface area contributed by atoms with Crippen molar-refractivity contribution < 1.29 is 9.22 Å². The number of rotatable bonds is 4. The van der Waals surface area contributed by atoms with Crippen molar-refractivity contribution in [2.45, 2.75) is 64.4 Å². The van der Waals surface area contributed by atoms with Crippen LogP contribution in [0.4, 0.5) is 0 Å². The monoisotopic (exact) mass is 407 g/mol. The van der Waals surface area contributed by atoms with Crippen LogP contribution in [-0.4, -0.2) is 19.6 Å². The lowest BCUT2D eigenvalue weighted by atomic mass is 9.83. The lowest BCUT2D eigenvalue weighted by Crippen LogP contribution is -2.53. The van der Waals surface area contributed by atoms with Crippen molar-refractivity contribution in [1.29, 1.82) is 0 Å². The lowest BCUT2D eigenvalue weighted by Gasteiger charge is -2.48. The molecule has 0 amide bonds. The molecule has 0 fully saturated rings. The Bertz CT molecular complexity index is 923. The average molecular weight is 408 g/mol. The molecule has 0 radical (unpaired) electrons. The van der Waals surface area contributed by atoms with Crippen molar-refractivity contribution in [2.75, 3.05) is 0 Å². The maximum absolute atomic E-state index is 12.8. The van der Waals surface area contributed by atoms with Gasteiger partial charge in [-0.3, -0.25) is 4.79 Å². The highest BCUT2D eigenvalue weighted by molar-refractivity contribution is 6.74. The maximum atomic E-state index is 12.8. The van der Waals surface area contributed by atoms with E-state index in [0.717, 1.165) is 16.8 Å². The first kappa shape index (κ1) is 21.5. The summed E-state index contributed by atoms with van der Waals surface area (Å²) >= 11 is 0. The van der Waals surface area contributed by atoms with Gasteiger partial charge in [0.1, 0.15) is 0 Å². The number of allylic oxidation sites excluding steroid dienone is 1. The number of ketones is 1. The van der Waals surface area contributed by atoms with Crippen LogP contribution in [-0.2, 0) is 4.43 Å². The van der Waals surface area contributed by atoms with Gasteiger partial charge in [-0.25, -0.2) is 0 Å². The Hall–Kier alpha value is -2.17. The average Bonchev–Trinajstić information content (AvgIpc) is 2.64. The highest BCUT2D eigenvalue weighted by Gasteiger charge is 2.46. The van der Waals surface area contributed by atoms with E-state index >= 15 is 0 Å². The molecule has 1 heterocycles. The zero-order valence-corrected chi connectivity index (χ0v) is 19.7. The number of hydrogen-bond acceptors (Lipinski definition) is 3. The van der Waals surface area contributed by atoms with Crippen LogP contribution < -0.4 is 5.32 Å². The molecule has 0 spiro atoms. The van der Waals surface area contributed by atoms with E-state index in [1.54, 1.807) is 6.08 Å². The van der Waals surface area contributed by atoms with E-state index in [4.69, 9.17) is 4.43 Å². The Labute approximate surface area is 176 Å². The van der Waals surface area contributed by atoms with E-state index in [1.165, 1.54) is 0 Å².